The highest BCUT2D eigenvalue weighted by molar-refractivity contribution is 6.12. The summed E-state index contributed by atoms with van der Waals surface area (Å²) in [6, 6.07) is 12.6. The molecule has 1 aliphatic heterocycles. The molecule has 1 fully saturated rings. The molecular weight excluding hydrogens is 389 g/mol. The molecule has 4 rings (SSSR count). The van der Waals surface area contributed by atoms with Crippen LogP contribution in [0.25, 0.3) is 11.4 Å². The van der Waals surface area contributed by atoms with Gasteiger partial charge in [-0.25, -0.2) is 4.79 Å². The molecule has 29 heavy (non-hydrogen) atoms. The van der Waals surface area contributed by atoms with Gasteiger partial charge in [0.2, 0.25) is 11.7 Å². The maximum Gasteiger partial charge on any atom is 0.416 e. The van der Waals surface area contributed by atoms with E-state index in [1.165, 1.54) is 17.0 Å². The van der Waals surface area contributed by atoms with E-state index < -0.39 is 23.7 Å². The van der Waals surface area contributed by atoms with E-state index in [9.17, 15) is 22.8 Å². The third-order valence-electron chi connectivity index (χ3n) is 4.33. The first-order chi connectivity index (χ1) is 13.8. The van der Waals surface area contributed by atoms with Crippen LogP contribution in [0.5, 0.6) is 0 Å². The zero-order valence-electron chi connectivity index (χ0n) is 14.8. The van der Waals surface area contributed by atoms with Crippen molar-refractivity contribution in [3.63, 3.8) is 0 Å². The lowest BCUT2D eigenvalue weighted by atomic mass is 10.1. The van der Waals surface area contributed by atoms with E-state index >= 15 is 0 Å². The van der Waals surface area contributed by atoms with Crippen LogP contribution in [-0.2, 0) is 17.5 Å². The molecule has 2 aromatic carbocycles. The number of carbonyl (C=O) groups excluding carboxylic acids is 2. The van der Waals surface area contributed by atoms with Gasteiger partial charge in [0.15, 0.2) is 0 Å². The molecule has 2 heterocycles. The Morgan fingerprint density at radius 2 is 1.79 bits per heavy atom. The monoisotopic (exact) mass is 402 g/mol. The van der Waals surface area contributed by atoms with Crippen molar-refractivity contribution in [1.82, 2.24) is 15.0 Å². The Labute approximate surface area is 162 Å². The molecule has 10 heteroatoms. The quantitative estimate of drug-likeness (QED) is 0.622. The summed E-state index contributed by atoms with van der Waals surface area (Å²) in [6.07, 6.45) is -4.50. The number of amides is 3. The van der Waals surface area contributed by atoms with Gasteiger partial charge in [0.25, 0.3) is 5.91 Å². The SMILES string of the molecule is O=C1CN(c2ccccc2)C(=O)N1Cc1nc(-c2cccc(C(F)(F)F)c2)no1. The van der Waals surface area contributed by atoms with E-state index in [1.807, 2.05) is 0 Å². The van der Waals surface area contributed by atoms with Crippen LogP contribution in [0.4, 0.5) is 23.7 Å². The molecule has 3 amide bonds. The molecule has 1 saturated heterocycles. The summed E-state index contributed by atoms with van der Waals surface area (Å²) in [5.41, 5.74) is -0.159. The van der Waals surface area contributed by atoms with Crippen molar-refractivity contribution >= 4 is 17.6 Å². The van der Waals surface area contributed by atoms with Gasteiger partial charge in [0.1, 0.15) is 13.1 Å². The third-order valence-corrected chi connectivity index (χ3v) is 4.33. The molecule has 0 bridgehead atoms. The summed E-state index contributed by atoms with van der Waals surface area (Å²) in [4.78, 5) is 31.1. The Bertz CT molecular complexity index is 1070. The van der Waals surface area contributed by atoms with E-state index in [0.29, 0.717) is 5.69 Å². The first kappa shape index (κ1) is 18.7. The number of hydrogen-bond donors (Lipinski definition) is 0. The van der Waals surface area contributed by atoms with Crippen molar-refractivity contribution in [2.75, 3.05) is 11.4 Å². The van der Waals surface area contributed by atoms with Gasteiger partial charge < -0.3 is 4.52 Å². The maximum absolute atomic E-state index is 12.9. The number of hydrogen-bond acceptors (Lipinski definition) is 5. The molecule has 0 N–H and O–H groups in total. The van der Waals surface area contributed by atoms with E-state index in [4.69, 9.17) is 4.52 Å². The highest BCUT2D eigenvalue weighted by Crippen LogP contribution is 2.31. The standard InChI is InChI=1S/C19H13F3N4O3/c20-19(21,22)13-6-4-5-12(9-13)17-23-15(29-24-17)10-26-16(27)11-25(18(26)28)14-7-2-1-3-8-14/h1-9H,10-11H2. The first-order valence-corrected chi connectivity index (χ1v) is 8.50. The fraction of sp³-hybridized carbons (Fsp3) is 0.158. The smallest absolute Gasteiger partial charge is 0.337 e. The number of benzene rings is 2. The summed E-state index contributed by atoms with van der Waals surface area (Å²) in [6.45, 7) is -0.398. The molecule has 0 saturated carbocycles. The summed E-state index contributed by atoms with van der Waals surface area (Å²) in [7, 11) is 0. The van der Waals surface area contributed by atoms with Gasteiger partial charge in [-0.1, -0.05) is 35.5 Å². The number of nitrogens with zero attached hydrogens (tertiary/aromatic N) is 4. The van der Waals surface area contributed by atoms with Gasteiger partial charge in [0.05, 0.1) is 5.56 Å². The second kappa shape index (κ2) is 7.04. The molecule has 148 valence electrons. The van der Waals surface area contributed by atoms with Crippen LogP contribution in [-0.4, -0.2) is 33.5 Å². The summed E-state index contributed by atoms with van der Waals surface area (Å²) in [5, 5.41) is 3.66. The molecule has 1 aliphatic rings. The number of rotatable bonds is 4. The van der Waals surface area contributed by atoms with Crippen LogP contribution in [0.2, 0.25) is 0 Å². The number of anilines is 1. The van der Waals surface area contributed by atoms with Crippen molar-refractivity contribution in [2.45, 2.75) is 12.7 Å². The second-order valence-corrected chi connectivity index (χ2v) is 6.27. The third kappa shape index (κ3) is 3.68. The van der Waals surface area contributed by atoms with Gasteiger partial charge in [-0.2, -0.15) is 18.2 Å². The molecular formula is C19H13F3N4O3. The molecule has 0 aliphatic carbocycles. The van der Waals surface area contributed by atoms with Crippen LogP contribution in [0.15, 0.2) is 59.1 Å². The lowest BCUT2D eigenvalue weighted by Gasteiger charge is -2.15. The lowest BCUT2D eigenvalue weighted by Crippen LogP contribution is -2.32. The van der Waals surface area contributed by atoms with Crippen LogP contribution < -0.4 is 4.90 Å². The number of urea groups is 1. The predicted molar refractivity (Wildman–Crippen MR) is 94.5 cm³/mol. The first-order valence-electron chi connectivity index (χ1n) is 8.50. The molecule has 0 spiro atoms. The van der Waals surface area contributed by atoms with E-state index in [0.717, 1.165) is 17.0 Å². The molecule has 3 aromatic rings. The topological polar surface area (TPSA) is 79.5 Å². The number of imide groups is 1. The van der Waals surface area contributed by atoms with Crippen molar-refractivity contribution < 1.29 is 27.3 Å². The summed E-state index contributed by atoms with van der Waals surface area (Å²) < 4.78 is 43.7. The Hall–Kier alpha value is -3.69. The van der Waals surface area contributed by atoms with Crippen LogP contribution in [0, 0.1) is 0 Å². The van der Waals surface area contributed by atoms with Crippen LogP contribution in [0.3, 0.4) is 0 Å². The Morgan fingerprint density at radius 3 is 2.52 bits per heavy atom. The van der Waals surface area contributed by atoms with Gasteiger partial charge in [-0.15, -0.1) is 0 Å². The summed E-state index contributed by atoms with van der Waals surface area (Å²) in [5.74, 6) is -0.572. The zero-order chi connectivity index (χ0) is 20.6. The molecule has 7 nitrogen and oxygen atoms in total. The number of aromatic nitrogens is 2. The van der Waals surface area contributed by atoms with Crippen molar-refractivity contribution in [3.8, 4) is 11.4 Å². The largest absolute Gasteiger partial charge is 0.416 e. The Balaban J connectivity index is 1.53. The van der Waals surface area contributed by atoms with E-state index in [-0.39, 0.29) is 30.4 Å². The van der Waals surface area contributed by atoms with Gasteiger partial charge in [0, 0.05) is 11.3 Å². The molecule has 0 radical (unpaired) electrons. The Kier molecular flexibility index (Phi) is 4.53. The van der Waals surface area contributed by atoms with Gasteiger partial charge >= 0.3 is 12.2 Å². The highest BCUT2D eigenvalue weighted by atomic mass is 19.4. The fourth-order valence-electron chi connectivity index (χ4n) is 2.91. The van der Waals surface area contributed by atoms with Crippen molar-refractivity contribution in [1.29, 1.82) is 0 Å². The predicted octanol–water partition coefficient (Wildman–Crippen LogP) is 3.72. The number of alkyl halides is 3. The minimum Gasteiger partial charge on any atom is -0.337 e. The number of para-hydroxylation sites is 1. The van der Waals surface area contributed by atoms with E-state index in [1.54, 1.807) is 30.3 Å². The molecule has 0 unspecified atom stereocenters. The average molecular weight is 402 g/mol. The van der Waals surface area contributed by atoms with Gasteiger partial charge in [-0.05, 0) is 24.3 Å². The molecule has 1 aromatic heterocycles. The maximum atomic E-state index is 12.9. The normalized spacial score (nSPS) is 14.7. The minimum absolute atomic E-state index is 0.0611. The zero-order valence-corrected chi connectivity index (χ0v) is 14.8. The highest BCUT2D eigenvalue weighted by Gasteiger charge is 2.38. The number of carbonyl (C=O) groups is 2. The summed E-state index contributed by atoms with van der Waals surface area (Å²) >= 11 is 0. The second-order valence-electron chi connectivity index (χ2n) is 6.27. The average Bonchev–Trinajstić information content (AvgIpc) is 3.28. The lowest BCUT2D eigenvalue weighted by molar-refractivity contribution is -0.137. The van der Waals surface area contributed by atoms with Gasteiger partial charge in [-0.3, -0.25) is 14.6 Å². The van der Waals surface area contributed by atoms with Crippen LogP contribution >= 0.6 is 0 Å². The van der Waals surface area contributed by atoms with E-state index in [2.05, 4.69) is 10.1 Å². The van der Waals surface area contributed by atoms with Crippen molar-refractivity contribution in [2.24, 2.45) is 0 Å². The number of halogens is 3. The minimum atomic E-state index is -4.50. The van der Waals surface area contributed by atoms with Crippen molar-refractivity contribution in [3.05, 3.63) is 66.1 Å². The van der Waals surface area contributed by atoms with Crippen LogP contribution in [0.1, 0.15) is 11.5 Å². The fourth-order valence-corrected chi connectivity index (χ4v) is 2.91. The molecule has 0 atom stereocenters. The Morgan fingerprint density at radius 1 is 1.03 bits per heavy atom.